The predicted octanol–water partition coefficient (Wildman–Crippen LogP) is 2.58. The van der Waals surface area contributed by atoms with Crippen LogP contribution in [0, 0.1) is 0 Å². The Morgan fingerprint density at radius 3 is 2.28 bits per heavy atom. The molecule has 0 radical (unpaired) electrons. The number of methoxy groups -OCH3 is 1. The number of sulfonamides is 1. The Hall–Kier alpha value is -2.99. The number of nitrogens with zero attached hydrogens (tertiary/aromatic N) is 1. The van der Waals surface area contributed by atoms with E-state index in [1.807, 2.05) is 0 Å². The van der Waals surface area contributed by atoms with E-state index < -0.39 is 41.1 Å². The summed E-state index contributed by atoms with van der Waals surface area (Å²) >= 11 is 5.97. The molecule has 32 heavy (non-hydrogen) atoms. The van der Waals surface area contributed by atoms with E-state index in [2.05, 4.69) is 5.32 Å². The minimum Gasteiger partial charge on any atom is -0.497 e. The molecule has 0 fully saturated rings. The fourth-order valence-electron chi connectivity index (χ4n) is 2.44. The van der Waals surface area contributed by atoms with Gasteiger partial charge in [0.2, 0.25) is 5.91 Å². The Balaban J connectivity index is 2.18. The van der Waals surface area contributed by atoms with Gasteiger partial charge in [-0.2, -0.15) is 13.2 Å². The standard InChI is InChI=1S/C19H19ClF3N3O5S/c1-26(12-3-5-13(31-2)6-4-12)32(29,30)14-7-8-16(20)15(9-14)18(28)24-10-17(27)25-11-19(21,22)23/h3-9H,10-11H2,1-2H3,(H,24,28)(H,25,27). The van der Waals surface area contributed by atoms with Crippen molar-refractivity contribution in [3.05, 3.63) is 53.1 Å². The third-order valence-electron chi connectivity index (χ3n) is 4.17. The number of halogens is 4. The topological polar surface area (TPSA) is 105 Å². The molecule has 0 aliphatic carbocycles. The highest BCUT2D eigenvalue weighted by atomic mass is 35.5. The van der Waals surface area contributed by atoms with E-state index in [0.717, 1.165) is 10.4 Å². The van der Waals surface area contributed by atoms with Crippen molar-refractivity contribution in [2.75, 3.05) is 31.6 Å². The predicted molar refractivity (Wildman–Crippen MR) is 111 cm³/mol. The zero-order chi connectivity index (χ0) is 24.1. The van der Waals surface area contributed by atoms with E-state index in [0.29, 0.717) is 11.4 Å². The van der Waals surface area contributed by atoms with Crippen LogP contribution in [0.3, 0.4) is 0 Å². The van der Waals surface area contributed by atoms with Crippen LogP contribution in [0.1, 0.15) is 10.4 Å². The molecule has 0 aromatic heterocycles. The monoisotopic (exact) mass is 493 g/mol. The first-order chi connectivity index (χ1) is 14.8. The van der Waals surface area contributed by atoms with Crippen molar-refractivity contribution in [1.29, 1.82) is 0 Å². The van der Waals surface area contributed by atoms with Crippen LogP contribution in [0.25, 0.3) is 0 Å². The van der Waals surface area contributed by atoms with E-state index in [1.165, 1.54) is 38.4 Å². The van der Waals surface area contributed by atoms with Gasteiger partial charge >= 0.3 is 6.18 Å². The summed E-state index contributed by atoms with van der Waals surface area (Å²) < 4.78 is 68.3. The average molecular weight is 494 g/mol. The number of hydrogen-bond acceptors (Lipinski definition) is 5. The van der Waals surface area contributed by atoms with E-state index in [9.17, 15) is 31.2 Å². The van der Waals surface area contributed by atoms with Crippen molar-refractivity contribution in [1.82, 2.24) is 10.6 Å². The number of carbonyl (C=O) groups is 2. The van der Waals surface area contributed by atoms with Crippen LogP contribution in [0.15, 0.2) is 47.4 Å². The molecule has 8 nitrogen and oxygen atoms in total. The van der Waals surface area contributed by atoms with Crippen LogP contribution in [-0.2, 0) is 14.8 Å². The molecule has 2 aromatic carbocycles. The lowest BCUT2D eigenvalue weighted by molar-refractivity contribution is -0.137. The molecule has 0 heterocycles. The van der Waals surface area contributed by atoms with E-state index in [4.69, 9.17) is 16.3 Å². The highest BCUT2D eigenvalue weighted by Gasteiger charge is 2.28. The van der Waals surface area contributed by atoms with Gasteiger partial charge in [-0.25, -0.2) is 8.42 Å². The van der Waals surface area contributed by atoms with Crippen molar-refractivity contribution in [3.63, 3.8) is 0 Å². The summed E-state index contributed by atoms with van der Waals surface area (Å²) in [5, 5.41) is 3.59. The number of anilines is 1. The van der Waals surface area contributed by atoms with Crippen LogP contribution in [0.2, 0.25) is 5.02 Å². The van der Waals surface area contributed by atoms with Crippen LogP contribution in [-0.4, -0.2) is 53.7 Å². The fourth-order valence-corrected chi connectivity index (χ4v) is 3.87. The summed E-state index contributed by atoms with van der Waals surface area (Å²) in [6.07, 6.45) is -4.60. The first kappa shape index (κ1) is 25.3. The van der Waals surface area contributed by atoms with Gasteiger partial charge < -0.3 is 15.4 Å². The van der Waals surface area contributed by atoms with Gasteiger partial charge in [0, 0.05) is 7.05 Å². The Bertz CT molecular complexity index is 1090. The molecule has 2 amide bonds. The molecule has 2 aromatic rings. The molecule has 0 aliphatic rings. The highest BCUT2D eigenvalue weighted by Crippen LogP contribution is 2.27. The molecular weight excluding hydrogens is 475 g/mol. The van der Waals surface area contributed by atoms with Crippen LogP contribution < -0.4 is 19.7 Å². The fraction of sp³-hybridized carbons (Fsp3) is 0.263. The Morgan fingerprint density at radius 1 is 1.09 bits per heavy atom. The maximum absolute atomic E-state index is 13.0. The summed E-state index contributed by atoms with van der Waals surface area (Å²) in [6.45, 7) is -2.30. The molecule has 0 aliphatic heterocycles. The van der Waals surface area contributed by atoms with Crippen molar-refractivity contribution >= 4 is 39.1 Å². The summed E-state index contributed by atoms with van der Waals surface area (Å²) in [6, 6.07) is 9.61. The van der Waals surface area contributed by atoms with Crippen molar-refractivity contribution < 1.29 is 35.9 Å². The van der Waals surface area contributed by atoms with E-state index in [-0.39, 0.29) is 15.5 Å². The molecule has 13 heteroatoms. The Labute approximate surface area is 187 Å². The second-order valence-electron chi connectivity index (χ2n) is 6.39. The molecule has 2 rings (SSSR count). The third kappa shape index (κ3) is 6.50. The molecule has 2 N–H and O–H groups in total. The molecule has 0 unspecified atom stereocenters. The number of rotatable bonds is 8. The molecule has 0 atom stereocenters. The number of carbonyl (C=O) groups excluding carboxylic acids is 2. The minimum absolute atomic E-state index is 0.107. The van der Waals surface area contributed by atoms with Crippen molar-refractivity contribution in [2.24, 2.45) is 0 Å². The van der Waals surface area contributed by atoms with Gasteiger partial charge in [0.1, 0.15) is 12.3 Å². The van der Waals surface area contributed by atoms with Gasteiger partial charge in [-0.1, -0.05) is 11.6 Å². The zero-order valence-corrected chi connectivity index (χ0v) is 18.4. The average Bonchev–Trinajstić information content (AvgIpc) is 2.75. The lowest BCUT2D eigenvalue weighted by Crippen LogP contribution is -2.41. The second-order valence-corrected chi connectivity index (χ2v) is 8.76. The Kier molecular flexibility index (Phi) is 7.97. The minimum atomic E-state index is -4.60. The van der Waals surface area contributed by atoms with Crippen molar-refractivity contribution in [2.45, 2.75) is 11.1 Å². The lowest BCUT2D eigenvalue weighted by Gasteiger charge is -2.20. The first-order valence-corrected chi connectivity index (χ1v) is 10.7. The van der Waals surface area contributed by atoms with Gasteiger partial charge in [-0.05, 0) is 42.5 Å². The lowest BCUT2D eigenvalue weighted by atomic mass is 10.2. The maximum atomic E-state index is 13.0. The van der Waals surface area contributed by atoms with E-state index >= 15 is 0 Å². The highest BCUT2D eigenvalue weighted by molar-refractivity contribution is 7.92. The normalized spacial score (nSPS) is 11.6. The third-order valence-corrected chi connectivity index (χ3v) is 6.28. The number of benzene rings is 2. The van der Waals surface area contributed by atoms with Gasteiger partial charge in [0.15, 0.2) is 0 Å². The summed E-state index contributed by atoms with van der Waals surface area (Å²) in [5.74, 6) is -1.47. The number of ether oxygens (including phenoxy) is 1. The van der Waals surface area contributed by atoms with Gasteiger partial charge in [0.05, 0.1) is 34.8 Å². The zero-order valence-electron chi connectivity index (χ0n) is 16.9. The van der Waals surface area contributed by atoms with Gasteiger partial charge in [-0.15, -0.1) is 0 Å². The quantitative estimate of drug-likeness (QED) is 0.588. The molecule has 0 saturated carbocycles. The number of alkyl halides is 3. The first-order valence-electron chi connectivity index (χ1n) is 8.89. The van der Waals surface area contributed by atoms with Gasteiger partial charge in [-0.3, -0.25) is 13.9 Å². The van der Waals surface area contributed by atoms with Crippen LogP contribution >= 0.6 is 11.6 Å². The molecular formula is C19H19ClF3N3O5S. The summed E-state index contributed by atoms with van der Waals surface area (Å²) in [5.41, 5.74) is 0.0626. The largest absolute Gasteiger partial charge is 0.497 e. The number of nitrogens with one attached hydrogen (secondary N) is 2. The second kappa shape index (κ2) is 10.1. The molecule has 0 spiro atoms. The maximum Gasteiger partial charge on any atom is 0.405 e. The molecule has 0 saturated heterocycles. The van der Waals surface area contributed by atoms with Crippen LogP contribution in [0.5, 0.6) is 5.75 Å². The SMILES string of the molecule is COc1ccc(N(C)S(=O)(=O)c2ccc(Cl)c(C(=O)NCC(=O)NCC(F)(F)F)c2)cc1. The summed E-state index contributed by atoms with van der Waals surface area (Å²) in [7, 11) is -1.31. The Morgan fingerprint density at radius 2 is 1.72 bits per heavy atom. The summed E-state index contributed by atoms with van der Waals surface area (Å²) in [4.78, 5) is 23.5. The smallest absolute Gasteiger partial charge is 0.405 e. The number of amides is 2. The van der Waals surface area contributed by atoms with Gasteiger partial charge in [0.25, 0.3) is 15.9 Å². The van der Waals surface area contributed by atoms with E-state index in [1.54, 1.807) is 17.4 Å². The molecule has 0 bridgehead atoms. The number of hydrogen-bond donors (Lipinski definition) is 2. The van der Waals surface area contributed by atoms with Crippen molar-refractivity contribution in [3.8, 4) is 5.75 Å². The van der Waals surface area contributed by atoms with Crippen LogP contribution in [0.4, 0.5) is 18.9 Å². The molecule has 174 valence electrons.